The van der Waals surface area contributed by atoms with E-state index in [0.717, 1.165) is 43.1 Å². The molecular weight excluding hydrogens is 1040 g/mol. The Bertz CT molecular complexity index is 2940. The van der Waals surface area contributed by atoms with Gasteiger partial charge in [0.05, 0.1) is 44.7 Å². The van der Waals surface area contributed by atoms with E-state index in [0.29, 0.717) is 22.1 Å². The molecule has 4 aromatic rings. The zero-order valence-electron chi connectivity index (χ0n) is 44.5. The summed E-state index contributed by atoms with van der Waals surface area (Å²) in [6.07, 6.45) is 4.03. The molecule has 2 aromatic carbocycles. The van der Waals surface area contributed by atoms with Crippen LogP contribution in [0.1, 0.15) is 62.5 Å². The highest BCUT2D eigenvalue weighted by Crippen LogP contribution is 2.32. The van der Waals surface area contributed by atoms with Gasteiger partial charge < -0.3 is 50.7 Å². The van der Waals surface area contributed by atoms with Gasteiger partial charge in [-0.25, -0.2) is 19.6 Å². The zero-order valence-corrected chi connectivity index (χ0v) is 46.1. The van der Waals surface area contributed by atoms with Crippen LogP contribution in [0.2, 0.25) is 0 Å². The first kappa shape index (κ1) is 60.1. The van der Waals surface area contributed by atoms with Crippen molar-refractivity contribution in [3.63, 3.8) is 0 Å². The molecule has 1 aliphatic heterocycles. The molecule has 8 atom stereocenters. The van der Waals surface area contributed by atoms with Crippen LogP contribution in [0.25, 0.3) is 22.1 Å². The number of nitrogens with zero attached hydrogens (tertiary/aromatic N) is 8. The second kappa shape index (κ2) is 26.3. The second-order valence-corrected chi connectivity index (χ2v) is 21.4. The zero-order chi connectivity index (χ0) is 57.2. The number of nitrogens with one attached hydrogen (secondary N) is 4. The molecule has 0 radical (unpaired) electrons. The van der Waals surface area contributed by atoms with Crippen molar-refractivity contribution in [3.05, 3.63) is 84.6 Å². The van der Waals surface area contributed by atoms with Gasteiger partial charge in [0.15, 0.2) is 0 Å². The molecule has 8 unspecified atom stereocenters. The number of fused-ring (bicyclic) bond motifs is 2. The highest BCUT2D eigenvalue weighted by atomic mass is 32.2. The minimum absolute atomic E-state index is 0.115. The van der Waals surface area contributed by atoms with E-state index in [1.165, 1.54) is 54.4 Å². The number of benzene rings is 2. The molecule has 24 nitrogen and oxygen atoms in total. The number of rotatable bonds is 14. The lowest BCUT2D eigenvalue weighted by molar-refractivity contribution is -0.159. The summed E-state index contributed by atoms with van der Waals surface area (Å²) in [5.74, 6) is -10.9. The Morgan fingerprint density at radius 2 is 1.39 bits per heavy atom. The minimum atomic E-state index is -1.69. The van der Waals surface area contributed by atoms with Gasteiger partial charge in [0.2, 0.25) is 29.5 Å². The number of ether oxygens (including phenoxy) is 1. The van der Waals surface area contributed by atoms with Crippen LogP contribution < -0.4 is 21.3 Å². The lowest BCUT2D eigenvalue weighted by Crippen LogP contribution is -2.60. The number of cyclic esters (lactones) is 1. The maximum Gasteiger partial charge on any atom is 0.329 e. The van der Waals surface area contributed by atoms with Gasteiger partial charge in [0.25, 0.3) is 17.7 Å². The molecule has 3 heterocycles. The number of likely N-dealkylation sites (N-methyl/N-ethyl adjacent to an activating group) is 4. The van der Waals surface area contributed by atoms with Crippen molar-refractivity contribution in [1.29, 1.82) is 0 Å². The van der Waals surface area contributed by atoms with Crippen molar-refractivity contribution in [2.24, 2.45) is 11.8 Å². The molecular formula is C51H64N12O12S2. The van der Waals surface area contributed by atoms with Crippen LogP contribution in [-0.4, -0.2) is 198 Å². The fourth-order valence-corrected chi connectivity index (χ4v) is 11.0. The summed E-state index contributed by atoms with van der Waals surface area (Å²) in [6, 6.07) is 3.34. The molecule has 0 aliphatic carbocycles. The van der Waals surface area contributed by atoms with Gasteiger partial charge in [-0.2, -0.15) is 0 Å². The lowest BCUT2D eigenvalue weighted by Gasteiger charge is -2.39. The van der Waals surface area contributed by atoms with E-state index in [-0.39, 0.29) is 17.1 Å². The summed E-state index contributed by atoms with van der Waals surface area (Å²) in [5, 5.41) is 20.1. The van der Waals surface area contributed by atoms with Crippen LogP contribution in [0, 0.1) is 11.8 Å². The third-order valence-electron chi connectivity index (χ3n) is 12.7. The maximum atomic E-state index is 15.0. The molecule has 5 N–H and O–H groups in total. The number of thioether (sulfide) groups is 2. The lowest BCUT2D eigenvalue weighted by atomic mass is 10.0. The standard InChI is InChI=1S/C51H64N12O12S2/c1-25(2)38(49(72)73)61(9)48(71)40-51(76-12)77-24-37(60(8)45(68)28(6)55-41(64)27(5)54-42(65)34-21-52-30-17-13-15-19-32(30)57-34)47(70)62(10)39(26(3)4)50(74)75-23-36(44(67)56-29(7)46(69)63(40)11)59-43(66)35-22-53-31-18-14-16-20-33(31)58-35/h13-22,25-26,28-29,36-40,51H,5,23-24H2,1-4,6-12H3,(H,54,65)(H,55,64)(H,56,67)(H,59,66)(H,72,73). The average Bonchev–Trinajstić information content (AvgIpc) is 3.39. The first-order valence-electron chi connectivity index (χ1n) is 24.3. The third kappa shape index (κ3) is 14.4. The van der Waals surface area contributed by atoms with E-state index < -0.39 is 130 Å². The number of esters is 1. The fraction of sp³-hybridized carbons (Fsp3) is 0.451. The van der Waals surface area contributed by atoms with Crippen LogP contribution >= 0.6 is 23.5 Å². The highest BCUT2D eigenvalue weighted by molar-refractivity contribution is 8.16. The molecule has 1 fully saturated rings. The minimum Gasteiger partial charge on any atom is -0.480 e. The average molecular weight is 1100 g/mol. The maximum absolute atomic E-state index is 15.0. The van der Waals surface area contributed by atoms with Crippen molar-refractivity contribution in [2.75, 3.05) is 46.8 Å². The highest BCUT2D eigenvalue weighted by Gasteiger charge is 2.44. The Kier molecular flexibility index (Phi) is 20.6. The number of hydrogen-bond donors (Lipinski definition) is 5. The van der Waals surface area contributed by atoms with Gasteiger partial charge in [-0.1, -0.05) is 58.5 Å². The monoisotopic (exact) mass is 1100 g/mol. The topological polar surface area (TPSA) is 313 Å². The van der Waals surface area contributed by atoms with E-state index in [1.54, 1.807) is 82.5 Å². The normalized spacial score (nSPS) is 20.8. The Morgan fingerprint density at radius 3 is 1.91 bits per heavy atom. The number of carbonyl (C=O) groups excluding carboxylic acids is 9. The molecule has 8 amide bonds. The first-order chi connectivity index (χ1) is 36.3. The number of carboxylic acids is 1. The van der Waals surface area contributed by atoms with Crippen LogP contribution in [-0.2, 0) is 43.1 Å². The molecule has 1 aliphatic rings. The summed E-state index contributed by atoms with van der Waals surface area (Å²) < 4.78 is 4.69. The van der Waals surface area contributed by atoms with Crippen LogP contribution in [0.3, 0.4) is 0 Å². The summed E-state index contributed by atoms with van der Waals surface area (Å²) in [4.78, 5) is 161. The summed E-state index contributed by atoms with van der Waals surface area (Å²) in [5.41, 5.74) is 1.05. The smallest absolute Gasteiger partial charge is 0.329 e. The van der Waals surface area contributed by atoms with Crippen molar-refractivity contribution in [1.82, 2.24) is 60.8 Å². The van der Waals surface area contributed by atoms with Crippen molar-refractivity contribution in [3.8, 4) is 0 Å². The number of carboxylic acid groups (broad SMARTS) is 1. The number of aliphatic carboxylic acids is 1. The van der Waals surface area contributed by atoms with E-state index in [2.05, 4.69) is 47.8 Å². The molecule has 1 saturated heterocycles. The van der Waals surface area contributed by atoms with Gasteiger partial charge >= 0.3 is 11.9 Å². The molecule has 26 heteroatoms. The summed E-state index contributed by atoms with van der Waals surface area (Å²) in [6.45, 7) is 11.9. The summed E-state index contributed by atoms with van der Waals surface area (Å²) in [7, 11) is 5.17. The molecule has 0 bridgehead atoms. The third-order valence-corrected chi connectivity index (χ3v) is 15.5. The largest absolute Gasteiger partial charge is 0.480 e. The Hall–Kier alpha value is -7.74. The van der Waals surface area contributed by atoms with Gasteiger partial charge in [-0.3, -0.25) is 48.3 Å². The van der Waals surface area contributed by atoms with Gasteiger partial charge in [-0.15, -0.1) is 23.5 Å². The molecule has 0 spiro atoms. The molecule has 0 saturated carbocycles. The number of amides is 8. The van der Waals surface area contributed by atoms with E-state index in [1.807, 2.05) is 0 Å². The number of para-hydroxylation sites is 4. The van der Waals surface area contributed by atoms with Crippen molar-refractivity contribution < 1.29 is 57.8 Å². The number of aromatic nitrogens is 4. The first-order valence-corrected chi connectivity index (χ1v) is 26.6. The van der Waals surface area contributed by atoms with E-state index >= 15 is 4.79 Å². The quantitative estimate of drug-likeness (QED) is 0.0878. The predicted octanol–water partition coefficient (Wildman–Crippen LogP) is 1.31. The summed E-state index contributed by atoms with van der Waals surface area (Å²) >= 11 is 2.05. The Labute approximate surface area is 453 Å². The SMILES string of the molecule is C=C(NC(=O)c1cnc2ccccc2n1)C(=O)NC(C)C(=O)N(C)C1CSC(SC)C(C(=O)N(C)C(C(=O)O)C(C)C)N(C)C(=O)C(C)NC(=O)C(NC(=O)c2cnc3ccccc3n2)COC(=O)C(C(C)C)N(C)C1=O. The molecule has 2 aromatic heterocycles. The Morgan fingerprint density at radius 1 is 0.844 bits per heavy atom. The number of carbonyl (C=O) groups is 10. The van der Waals surface area contributed by atoms with E-state index in [4.69, 9.17) is 4.74 Å². The van der Waals surface area contributed by atoms with Gasteiger partial charge in [-0.05, 0) is 56.2 Å². The molecule has 412 valence electrons. The van der Waals surface area contributed by atoms with Crippen LogP contribution in [0.5, 0.6) is 0 Å². The van der Waals surface area contributed by atoms with Crippen LogP contribution in [0.4, 0.5) is 0 Å². The van der Waals surface area contributed by atoms with Gasteiger partial charge in [0, 0.05) is 33.9 Å². The number of hydrogen-bond acceptors (Lipinski definition) is 17. The predicted molar refractivity (Wildman–Crippen MR) is 286 cm³/mol. The van der Waals surface area contributed by atoms with E-state index in [9.17, 15) is 48.3 Å². The second-order valence-electron chi connectivity index (χ2n) is 18.9. The molecule has 77 heavy (non-hydrogen) atoms. The Balaban J connectivity index is 1.51. The van der Waals surface area contributed by atoms with Gasteiger partial charge in [0.1, 0.15) is 60.3 Å². The van der Waals surface area contributed by atoms with Crippen molar-refractivity contribution >= 4 is 105 Å². The van der Waals surface area contributed by atoms with Crippen LogP contribution in [0.15, 0.2) is 73.2 Å². The molecule has 5 rings (SSSR count). The fourth-order valence-electron chi connectivity index (χ4n) is 8.46. The van der Waals surface area contributed by atoms with Crippen molar-refractivity contribution in [2.45, 2.75) is 88.4 Å².